The van der Waals surface area contributed by atoms with Crippen LogP contribution < -0.4 is 0 Å². The van der Waals surface area contributed by atoms with Crippen LogP contribution in [0.15, 0.2) is 0 Å². The minimum absolute atomic E-state index is 0. The molecule has 0 unspecified atom stereocenters. The fraction of sp³-hybridized carbons (Fsp3) is 1.00. The van der Waals surface area contributed by atoms with Gasteiger partial charge < -0.3 is 17.7 Å². The summed E-state index contributed by atoms with van der Waals surface area (Å²) in [6, 6.07) is 0. The summed E-state index contributed by atoms with van der Waals surface area (Å²) in [6.07, 6.45) is 0. The van der Waals surface area contributed by atoms with E-state index >= 15 is 0 Å². The fourth-order valence-electron chi connectivity index (χ4n) is 0. The molecule has 0 aliphatic carbocycles. The second kappa shape index (κ2) is 10.0. The molecule has 0 spiro atoms. The van der Waals surface area contributed by atoms with Crippen LogP contribution in [0.25, 0.3) is 0 Å². The van der Waals surface area contributed by atoms with E-state index in [2.05, 4.69) is 0 Å². The molecule has 0 atom stereocenters. The minimum atomic E-state index is -0.500. The summed E-state index contributed by atoms with van der Waals surface area (Å²) in [6.45, 7) is 11.2. The molecule has 1 nitrogen and oxygen atoms in total. The molecule has 0 aliphatic heterocycles. The van der Waals surface area contributed by atoms with Gasteiger partial charge >= 0.3 is 0 Å². The van der Waals surface area contributed by atoms with Crippen LogP contribution in [0.3, 0.4) is 0 Å². The van der Waals surface area contributed by atoms with E-state index in [1.807, 2.05) is 20.8 Å². The molecule has 4 heteroatoms. The SMILES string of the molecule is CC(C)(C)O.CC(C)(C)[S-].[Y].[Y]. The molecule has 0 saturated heterocycles. The van der Waals surface area contributed by atoms with Gasteiger partial charge in [0.2, 0.25) is 0 Å². The third kappa shape index (κ3) is 262. The van der Waals surface area contributed by atoms with E-state index in [4.69, 9.17) is 17.7 Å². The normalized spacial score (nSPS) is 10.0. The molecule has 0 aromatic carbocycles. The van der Waals surface area contributed by atoms with E-state index in [9.17, 15) is 0 Å². The second-order valence-electron chi connectivity index (χ2n) is 4.28. The van der Waals surface area contributed by atoms with Crippen LogP contribution in [0.1, 0.15) is 41.5 Å². The quantitative estimate of drug-likeness (QED) is 0.681. The van der Waals surface area contributed by atoms with Crippen molar-refractivity contribution in [2.24, 2.45) is 0 Å². The van der Waals surface area contributed by atoms with Crippen molar-refractivity contribution in [2.45, 2.75) is 51.9 Å². The molecule has 0 aliphatic rings. The van der Waals surface area contributed by atoms with Crippen molar-refractivity contribution in [3.05, 3.63) is 0 Å². The largest absolute Gasteiger partial charge is 0.787 e. The molecule has 0 heterocycles. The molecule has 0 bridgehead atoms. The third-order valence-corrected chi connectivity index (χ3v) is 0. The van der Waals surface area contributed by atoms with Gasteiger partial charge in [-0.15, -0.1) is 0 Å². The zero-order chi connectivity index (χ0) is 9.00. The molecule has 0 aromatic rings. The Morgan fingerprint density at radius 2 is 0.833 bits per heavy atom. The van der Waals surface area contributed by atoms with E-state index in [-0.39, 0.29) is 70.2 Å². The molecule has 0 fully saturated rings. The minimum Gasteiger partial charge on any atom is -0.787 e. The van der Waals surface area contributed by atoms with Gasteiger partial charge in [-0.2, -0.15) is 4.75 Å². The fourth-order valence-corrected chi connectivity index (χ4v) is 0. The average molecular weight is 341 g/mol. The first kappa shape index (κ1) is 24.0. The molecular formula is C8H19OSY2-. The Morgan fingerprint density at radius 3 is 0.833 bits per heavy atom. The molecule has 0 aromatic heterocycles. The van der Waals surface area contributed by atoms with Crippen LogP contribution in [-0.4, -0.2) is 15.5 Å². The van der Waals surface area contributed by atoms with Crippen LogP contribution in [0, 0.1) is 0 Å². The van der Waals surface area contributed by atoms with Crippen molar-refractivity contribution in [1.82, 2.24) is 0 Å². The average Bonchev–Trinajstić information content (AvgIpc) is 1.12. The summed E-state index contributed by atoms with van der Waals surface area (Å²) in [5, 5.41) is 8.52. The van der Waals surface area contributed by atoms with Gasteiger partial charge in [0.15, 0.2) is 0 Å². The number of aliphatic hydroxyl groups is 1. The summed E-state index contributed by atoms with van der Waals surface area (Å²) in [4.78, 5) is 0. The molecular weight excluding hydrogens is 322 g/mol. The number of hydrogen-bond acceptors (Lipinski definition) is 2. The molecule has 2 radical (unpaired) electrons. The first-order valence-electron chi connectivity index (χ1n) is 3.43. The summed E-state index contributed by atoms with van der Waals surface area (Å²) in [7, 11) is 0. The van der Waals surface area contributed by atoms with Crippen LogP contribution in [0.5, 0.6) is 0 Å². The first-order valence-corrected chi connectivity index (χ1v) is 3.84. The molecule has 0 saturated carbocycles. The van der Waals surface area contributed by atoms with E-state index in [0.717, 1.165) is 0 Å². The van der Waals surface area contributed by atoms with Gasteiger partial charge in [0.05, 0.1) is 5.60 Å². The Morgan fingerprint density at radius 1 is 0.833 bits per heavy atom. The van der Waals surface area contributed by atoms with Crippen molar-refractivity contribution in [3.8, 4) is 0 Å². The Kier molecular flexibility index (Phi) is 20.1. The smallest absolute Gasteiger partial charge is 0.0563 e. The van der Waals surface area contributed by atoms with E-state index < -0.39 is 5.60 Å². The van der Waals surface area contributed by atoms with Crippen molar-refractivity contribution in [3.63, 3.8) is 0 Å². The van der Waals surface area contributed by atoms with Crippen molar-refractivity contribution in [2.75, 3.05) is 0 Å². The Bertz CT molecular complexity index is 60.0. The Hall–Kier alpha value is 2.52. The van der Waals surface area contributed by atoms with Crippen LogP contribution >= 0.6 is 0 Å². The van der Waals surface area contributed by atoms with Gasteiger partial charge in [-0.05, 0) is 20.8 Å². The van der Waals surface area contributed by atoms with Crippen molar-refractivity contribution >= 4 is 12.6 Å². The topological polar surface area (TPSA) is 20.2 Å². The molecule has 0 rings (SSSR count). The predicted octanol–water partition coefficient (Wildman–Crippen LogP) is 2.10. The van der Waals surface area contributed by atoms with Crippen molar-refractivity contribution < 1.29 is 70.5 Å². The second-order valence-corrected chi connectivity index (χ2v) is 5.51. The molecule has 70 valence electrons. The van der Waals surface area contributed by atoms with Gasteiger partial charge in [-0.3, -0.25) is 0 Å². The maximum atomic E-state index is 8.52. The van der Waals surface area contributed by atoms with E-state index in [0.29, 0.717) is 0 Å². The van der Waals surface area contributed by atoms with Gasteiger partial charge in [0.1, 0.15) is 0 Å². The predicted molar refractivity (Wildman–Crippen MR) is 49.1 cm³/mol. The molecule has 1 N–H and O–H groups in total. The van der Waals surface area contributed by atoms with Gasteiger partial charge in [0, 0.05) is 65.4 Å². The zero-order valence-electron chi connectivity index (χ0n) is 9.01. The number of rotatable bonds is 0. The van der Waals surface area contributed by atoms with Gasteiger partial charge in [-0.1, -0.05) is 20.8 Å². The number of hydrogen-bond donors (Lipinski definition) is 1. The summed E-state index contributed by atoms with van der Waals surface area (Å²) < 4.78 is 0.0833. The van der Waals surface area contributed by atoms with Crippen molar-refractivity contribution in [1.29, 1.82) is 0 Å². The summed E-state index contributed by atoms with van der Waals surface area (Å²) in [5.41, 5.74) is -0.500. The summed E-state index contributed by atoms with van der Waals surface area (Å²) in [5.74, 6) is 0. The summed E-state index contributed by atoms with van der Waals surface area (Å²) >= 11 is 4.83. The van der Waals surface area contributed by atoms with Crippen LogP contribution in [0.2, 0.25) is 0 Å². The Balaban J connectivity index is -0.0000000457. The standard InChI is InChI=1S/C4H10O.C4H10S.2Y/c2*1-4(2,3)5;;/h2*5H,1-3H3;;/p-1. The van der Waals surface area contributed by atoms with E-state index in [1.165, 1.54) is 0 Å². The molecule has 0 amide bonds. The first-order chi connectivity index (χ1) is 4.00. The van der Waals surface area contributed by atoms with E-state index in [1.54, 1.807) is 20.8 Å². The zero-order valence-corrected chi connectivity index (χ0v) is 15.5. The third-order valence-electron chi connectivity index (χ3n) is 0. The molecule has 12 heavy (non-hydrogen) atoms. The maximum absolute atomic E-state index is 8.52. The van der Waals surface area contributed by atoms with Gasteiger partial charge in [-0.25, -0.2) is 0 Å². The monoisotopic (exact) mass is 341 g/mol. The Labute approximate surface area is 133 Å². The maximum Gasteiger partial charge on any atom is 0.0563 e. The van der Waals surface area contributed by atoms with Gasteiger partial charge in [0.25, 0.3) is 0 Å². The van der Waals surface area contributed by atoms with Crippen LogP contribution in [-0.2, 0) is 78.0 Å². The van der Waals surface area contributed by atoms with Crippen LogP contribution in [0.4, 0.5) is 0 Å².